The summed E-state index contributed by atoms with van der Waals surface area (Å²) in [4.78, 5) is 22.1. The fourth-order valence-electron chi connectivity index (χ4n) is 1.53. The van der Waals surface area contributed by atoms with E-state index in [1.807, 2.05) is 0 Å². The van der Waals surface area contributed by atoms with Gasteiger partial charge in [0.25, 0.3) is 11.6 Å². The van der Waals surface area contributed by atoms with E-state index < -0.39 is 16.6 Å². The van der Waals surface area contributed by atoms with Crippen LogP contribution in [0.15, 0.2) is 46.9 Å². The number of hydrogen-bond acceptors (Lipinski definition) is 3. The summed E-state index contributed by atoms with van der Waals surface area (Å²) in [5.41, 5.74) is 0.396. The number of carbonyl (C=O) groups is 1. The summed E-state index contributed by atoms with van der Waals surface area (Å²) >= 11 is 3.05. The van der Waals surface area contributed by atoms with Gasteiger partial charge in [0.2, 0.25) is 0 Å². The van der Waals surface area contributed by atoms with E-state index >= 15 is 0 Å². The van der Waals surface area contributed by atoms with E-state index in [2.05, 4.69) is 21.2 Å². The highest BCUT2D eigenvalue weighted by Gasteiger charge is 2.14. The van der Waals surface area contributed by atoms with Crippen molar-refractivity contribution < 1.29 is 14.1 Å². The second-order valence-corrected chi connectivity index (χ2v) is 4.74. The van der Waals surface area contributed by atoms with Crippen molar-refractivity contribution in [1.82, 2.24) is 0 Å². The van der Waals surface area contributed by atoms with Gasteiger partial charge in [-0.1, -0.05) is 0 Å². The first-order valence-corrected chi connectivity index (χ1v) is 6.27. The number of nitro groups is 1. The molecule has 2 rings (SSSR count). The molecule has 1 N–H and O–H groups in total. The van der Waals surface area contributed by atoms with Gasteiger partial charge in [-0.3, -0.25) is 14.9 Å². The minimum absolute atomic E-state index is 0.151. The third-order valence-electron chi connectivity index (χ3n) is 2.51. The van der Waals surface area contributed by atoms with Crippen LogP contribution in [0.5, 0.6) is 0 Å². The molecule has 0 heterocycles. The second-order valence-electron chi connectivity index (χ2n) is 3.88. The minimum atomic E-state index is -0.558. The molecule has 0 aliphatic carbocycles. The second kappa shape index (κ2) is 5.79. The largest absolute Gasteiger partial charge is 0.322 e. The number of nitrogens with one attached hydrogen (secondary N) is 1. The Kier molecular flexibility index (Phi) is 4.09. The van der Waals surface area contributed by atoms with Crippen molar-refractivity contribution in [2.24, 2.45) is 0 Å². The molecule has 0 aliphatic heterocycles. The molecular formula is C13H8BrFN2O3. The van der Waals surface area contributed by atoms with E-state index in [9.17, 15) is 19.3 Å². The minimum Gasteiger partial charge on any atom is -0.322 e. The first-order valence-electron chi connectivity index (χ1n) is 5.48. The number of halogens is 2. The van der Waals surface area contributed by atoms with Crippen LogP contribution in [-0.2, 0) is 0 Å². The summed E-state index contributed by atoms with van der Waals surface area (Å²) in [6.45, 7) is 0. The average Bonchev–Trinajstić information content (AvgIpc) is 2.41. The molecule has 0 atom stereocenters. The molecule has 1 amide bonds. The van der Waals surface area contributed by atoms with Gasteiger partial charge in [-0.15, -0.1) is 0 Å². The SMILES string of the molecule is O=C(Nc1ccc(Br)c([N+](=O)[O-])c1)c1ccc(F)cc1. The average molecular weight is 339 g/mol. The van der Waals surface area contributed by atoms with Crippen molar-refractivity contribution in [3.05, 3.63) is 68.4 Å². The Hall–Kier alpha value is -2.28. The van der Waals surface area contributed by atoms with Crippen LogP contribution in [0, 0.1) is 15.9 Å². The van der Waals surface area contributed by atoms with Gasteiger partial charge in [0.15, 0.2) is 0 Å². The number of hydrogen-bond donors (Lipinski definition) is 1. The van der Waals surface area contributed by atoms with Gasteiger partial charge in [0.05, 0.1) is 9.40 Å². The molecule has 0 radical (unpaired) electrons. The zero-order valence-corrected chi connectivity index (χ0v) is 11.6. The van der Waals surface area contributed by atoms with Gasteiger partial charge in [0.1, 0.15) is 5.82 Å². The molecule has 0 spiro atoms. The molecule has 0 saturated heterocycles. The highest BCUT2D eigenvalue weighted by molar-refractivity contribution is 9.10. The molecule has 0 unspecified atom stereocenters. The standard InChI is InChI=1S/C13H8BrFN2O3/c14-11-6-5-10(7-12(11)17(19)20)16-13(18)8-1-3-9(15)4-2-8/h1-7H,(H,16,18). The molecule has 0 saturated carbocycles. The van der Waals surface area contributed by atoms with E-state index in [0.717, 1.165) is 0 Å². The molecular weight excluding hydrogens is 331 g/mol. The van der Waals surface area contributed by atoms with Crippen LogP contribution in [0.3, 0.4) is 0 Å². The third kappa shape index (κ3) is 3.18. The highest BCUT2D eigenvalue weighted by atomic mass is 79.9. The van der Waals surface area contributed by atoms with Crippen molar-refractivity contribution in [1.29, 1.82) is 0 Å². The quantitative estimate of drug-likeness (QED) is 0.684. The van der Waals surface area contributed by atoms with Gasteiger partial charge in [-0.05, 0) is 52.3 Å². The number of rotatable bonds is 3. The number of carbonyl (C=O) groups excluding carboxylic acids is 1. The highest BCUT2D eigenvalue weighted by Crippen LogP contribution is 2.28. The summed E-state index contributed by atoms with van der Waals surface area (Å²) in [6.07, 6.45) is 0. The van der Waals surface area contributed by atoms with E-state index in [0.29, 0.717) is 4.47 Å². The monoisotopic (exact) mass is 338 g/mol. The van der Waals surface area contributed by atoms with Crippen molar-refractivity contribution >= 4 is 33.2 Å². The Morgan fingerprint density at radius 3 is 2.45 bits per heavy atom. The molecule has 0 fully saturated rings. The Balaban J connectivity index is 2.21. The normalized spacial score (nSPS) is 10.1. The number of nitrogens with zero attached hydrogens (tertiary/aromatic N) is 1. The molecule has 0 aromatic heterocycles. The molecule has 5 nitrogen and oxygen atoms in total. The molecule has 2 aromatic carbocycles. The van der Waals surface area contributed by atoms with E-state index in [-0.39, 0.29) is 16.9 Å². The zero-order chi connectivity index (χ0) is 14.7. The van der Waals surface area contributed by atoms with Crippen LogP contribution in [-0.4, -0.2) is 10.8 Å². The fraction of sp³-hybridized carbons (Fsp3) is 0. The molecule has 0 bridgehead atoms. The van der Waals surface area contributed by atoms with Crippen LogP contribution in [0.2, 0.25) is 0 Å². The van der Waals surface area contributed by atoms with Gasteiger partial charge in [-0.2, -0.15) is 0 Å². The number of anilines is 1. The smallest absolute Gasteiger partial charge is 0.285 e. The molecule has 2 aromatic rings. The van der Waals surface area contributed by atoms with Crippen molar-refractivity contribution in [3.63, 3.8) is 0 Å². The zero-order valence-electron chi connectivity index (χ0n) is 9.97. The molecule has 102 valence electrons. The van der Waals surface area contributed by atoms with Gasteiger partial charge >= 0.3 is 0 Å². The van der Waals surface area contributed by atoms with E-state index in [4.69, 9.17) is 0 Å². The van der Waals surface area contributed by atoms with Gasteiger partial charge < -0.3 is 5.32 Å². The van der Waals surface area contributed by atoms with Crippen molar-refractivity contribution in [2.75, 3.05) is 5.32 Å². The predicted molar refractivity (Wildman–Crippen MR) is 75.1 cm³/mol. The lowest BCUT2D eigenvalue weighted by Crippen LogP contribution is -2.12. The third-order valence-corrected chi connectivity index (χ3v) is 3.18. The first kappa shape index (κ1) is 14.1. The summed E-state index contributed by atoms with van der Waals surface area (Å²) in [5.74, 6) is -0.914. The fourth-order valence-corrected chi connectivity index (χ4v) is 1.93. The topological polar surface area (TPSA) is 72.2 Å². The van der Waals surface area contributed by atoms with Crippen molar-refractivity contribution in [2.45, 2.75) is 0 Å². The predicted octanol–water partition coefficient (Wildman–Crippen LogP) is 3.75. The van der Waals surface area contributed by atoms with Gasteiger partial charge in [-0.25, -0.2) is 4.39 Å². The molecule has 0 aliphatic rings. The summed E-state index contributed by atoms with van der Waals surface area (Å²) < 4.78 is 13.1. The van der Waals surface area contributed by atoms with E-state index in [1.165, 1.54) is 42.5 Å². The van der Waals surface area contributed by atoms with Crippen LogP contribution >= 0.6 is 15.9 Å². The Morgan fingerprint density at radius 1 is 1.20 bits per heavy atom. The molecule has 20 heavy (non-hydrogen) atoms. The van der Waals surface area contributed by atoms with Crippen LogP contribution in [0.4, 0.5) is 15.8 Å². The Labute approximate surface area is 121 Å². The number of amides is 1. The maximum absolute atomic E-state index is 12.8. The van der Waals surface area contributed by atoms with Crippen LogP contribution in [0.1, 0.15) is 10.4 Å². The lowest BCUT2D eigenvalue weighted by Gasteiger charge is -2.05. The molecule has 7 heteroatoms. The number of nitro benzene ring substituents is 1. The number of benzene rings is 2. The summed E-state index contributed by atoms with van der Waals surface area (Å²) in [5, 5.41) is 13.3. The lowest BCUT2D eigenvalue weighted by molar-refractivity contribution is -0.385. The summed E-state index contributed by atoms with van der Waals surface area (Å²) in [7, 11) is 0. The van der Waals surface area contributed by atoms with Crippen molar-refractivity contribution in [3.8, 4) is 0 Å². The van der Waals surface area contributed by atoms with Crippen LogP contribution < -0.4 is 5.32 Å². The summed E-state index contributed by atoms with van der Waals surface area (Å²) in [6, 6.07) is 9.23. The van der Waals surface area contributed by atoms with E-state index in [1.54, 1.807) is 0 Å². The first-order chi connectivity index (χ1) is 9.47. The Bertz CT molecular complexity index is 674. The Morgan fingerprint density at radius 2 is 1.85 bits per heavy atom. The maximum atomic E-state index is 12.8. The van der Waals surface area contributed by atoms with Gasteiger partial charge in [0, 0.05) is 17.3 Å². The lowest BCUT2D eigenvalue weighted by atomic mass is 10.2. The van der Waals surface area contributed by atoms with Crippen LogP contribution in [0.25, 0.3) is 0 Å². The maximum Gasteiger partial charge on any atom is 0.285 e.